The molecule has 0 bridgehead atoms. The number of para-hydroxylation sites is 1. The highest BCUT2D eigenvalue weighted by molar-refractivity contribution is 5.85. The van der Waals surface area contributed by atoms with Gasteiger partial charge in [0, 0.05) is 37.8 Å². The number of carbonyl (C=O) groups excluding carboxylic acids is 1. The van der Waals surface area contributed by atoms with Gasteiger partial charge in [-0.05, 0) is 56.3 Å². The molecular weight excluding hydrogens is 357 g/mol. The fourth-order valence-corrected chi connectivity index (χ4v) is 4.43. The van der Waals surface area contributed by atoms with Gasteiger partial charge >= 0.3 is 0 Å². The summed E-state index contributed by atoms with van der Waals surface area (Å²) in [6, 6.07) is 10.6. The minimum atomic E-state index is 0. The van der Waals surface area contributed by atoms with Crippen LogP contribution in [0.4, 0.5) is 5.69 Å². The largest absolute Gasteiger partial charge is 0.370 e. The lowest BCUT2D eigenvalue weighted by Gasteiger charge is -2.26. The third-order valence-electron chi connectivity index (χ3n) is 6.02. The Hall–Kier alpha value is -0.970. The fourth-order valence-electron chi connectivity index (χ4n) is 4.43. The highest BCUT2D eigenvalue weighted by Gasteiger charge is 2.58. The van der Waals surface area contributed by atoms with Gasteiger partial charge in [-0.1, -0.05) is 18.2 Å². The molecule has 3 aliphatic rings. The van der Waals surface area contributed by atoms with Crippen LogP contribution in [-0.2, 0) is 4.79 Å². The van der Waals surface area contributed by atoms with Crippen molar-refractivity contribution in [3.05, 3.63) is 30.3 Å². The molecule has 2 heterocycles. The molecule has 4 nitrogen and oxygen atoms in total. The van der Waals surface area contributed by atoms with Crippen LogP contribution >= 0.6 is 24.8 Å². The topological polar surface area (TPSA) is 35.6 Å². The summed E-state index contributed by atoms with van der Waals surface area (Å²) < 4.78 is 0. The average molecular weight is 386 g/mol. The maximum Gasteiger partial charge on any atom is 0.226 e. The molecule has 0 aromatic heterocycles. The van der Waals surface area contributed by atoms with Gasteiger partial charge in [0.2, 0.25) is 5.91 Å². The number of benzene rings is 1. The summed E-state index contributed by atoms with van der Waals surface area (Å²) in [4.78, 5) is 17.5. The molecule has 1 amide bonds. The van der Waals surface area contributed by atoms with E-state index in [1.807, 2.05) is 0 Å². The van der Waals surface area contributed by atoms with E-state index >= 15 is 0 Å². The summed E-state index contributed by atoms with van der Waals surface area (Å²) in [5, 5.41) is 3.42. The van der Waals surface area contributed by atoms with E-state index in [1.54, 1.807) is 0 Å². The van der Waals surface area contributed by atoms with E-state index in [9.17, 15) is 4.79 Å². The summed E-state index contributed by atoms with van der Waals surface area (Å²) in [5.41, 5.74) is 1.64. The Morgan fingerprint density at radius 1 is 1.00 bits per heavy atom. The number of nitrogens with one attached hydrogen (secondary N) is 1. The molecule has 25 heavy (non-hydrogen) atoms. The van der Waals surface area contributed by atoms with Gasteiger partial charge in [-0.2, -0.15) is 0 Å². The molecule has 140 valence electrons. The van der Waals surface area contributed by atoms with Gasteiger partial charge in [0.15, 0.2) is 0 Å². The number of halogens is 2. The van der Waals surface area contributed by atoms with E-state index in [-0.39, 0.29) is 24.8 Å². The molecule has 3 fully saturated rings. The normalized spacial score (nSPS) is 24.7. The zero-order valence-corrected chi connectivity index (χ0v) is 16.3. The standard InChI is InChI=1S/C19H27N3O.2ClH/c23-18(17-15-19(17)7-9-20-10-8-19)22-12-4-11-21(13-14-22)16-5-2-1-3-6-16;;/h1-3,5-6,17,20H,4,7-15H2;2*1H. The van der Waals surface area contributed by atoms with Gasteiger partial charge in [-0.25, -0.2) is 0 Å². The zero-order chi connectivity index (χ0) is 15.7. The molecular formula is C19H29Cl2N3O. The van der Waals surface area contributed by atoms with E-state index in [2.05, 4.69) is 45.4 Å². The Kier molecular flexibility index (Phi) is 7.01. The fraction of sp³-hybridized carbons (Fsp3) is 0.632. The SMILES string of the molecule is Cl.Cl.O=C(C1CC12CCNCC2)N1CCCN(c2ccccc2)CC1. The minimum Gasteiger partial charge on any atom is -0.370 e. The number of anilines is 1. The van der Waals surface area contributed by atoms with E-state index in [4.69, 9.17) is 0 Å². The van der Waals surface area contributed by atoms with Crippen LogP contribution in [-0.4, -0.2) is 50.1 Å². The lowest BCUT2D eigenvalue weighted by Crippen LogP contribution is -2.38. The molecule has 4 rings (SSSR count). The molecule has 6 heteroatoms. The molecule has 2 saturated heterocycles. The number of rotatable bonds is 2. The number of piperidine rings is 1. The van der Waals surface area contributed by atoms with Crippen molar-refractivity contribution < 1.29 is 4.79 Å². The third kappa shape index (κ3) is 4.24. The van der Waals surface area contributed by atoms with Gasteiger partial charge in [0.25, 0.3) is 0 Å². The molecule has 1 aliphatic carbocycles. The number of nitrogens with zero attached hydrogens (tertiary/aromatic N) is 2. The second kappa shape index (κ2) is 8.61. The van der Waals surface area contributed by atoms with E-state index in [0.717, 1.165) is 52.1 Å². The van der Waals surface area contributed by atoms with Crippen LogP contribution in [0.5, 0.6) is 0 Å². The first-order valence-electron chi connectivity index (χ1n) is 9.08. The number of carbonyl (C=O) groups is 1. The predicted molar refractivity (Wildman–Crippen MR) is 107 cm³/mol. The van der Waals surface area contributed by atoms with Crippen LogP contribution in [0.1, 0.15) is 25.7 Å². The van der Waals surface area contributed by atoms with Gasteiger partial charge in [0.05, 0.1) is 0 Å². The second-order valence-electron chi connectivity index (χ2n) is 7.37. The Morgan fingerprint density at radius 2 is 1.72 bits per heavy atom. The summed E-state index contributed by atoms with van der Waals surface area (Å²) >= 11 is 0. The van der Waals surface area contributed by atoms with E-state index in [1.165, 1.54) is 18.5 Å². The number of hydrogen-bond donors (Lipinski definition) is 1. The van der Waals surface area contributed by atoms with E-state index in [0.29, 0.717) is 17.2 Å². The summed E-state index contributed by atoms with van der Waals surface area (Å²) in [6.45, 7) is 5.98. The maximum atomic E-state index is 12.9. The zero-order valence-electron chi connectivity index (χ0n) is 14.7. The third-order valence-corrected chi connectivity index (χ3v) is 6.02. The van der Waals surface area contributed by atoms with Crippen molar-refractivity contribution >= 4 is 36.4 Å². The van der Waals surface area contributed by atoms with Crippen LogP contribution in [0, 0.1) is 11.3 Å². The number of amides is 1. The molecule has 1 aromatic carbocycles. The molecule has 0 radical (unpaired) electrons. The van der Waals surface area contributed by atoms with Crippen molar-refractivity contribution in [1.29, 1.82) is 0 Å². The summed E-state index contributed by atoms with van der Waals surface area (Å²) in [7, 11) is 0. The molecule has 2 aliphatic heterocycles. The van der Waals surface area contributed by atoms with Crippen molar-refractivity contribution in [3.63, 3.8) is 0 Å². The maximum absolute atomic E-state index is 12.9. The molecule has 1 aromatic rings. The molecule has 1 unspecified atom stereocenters. The lowest BCUT2D eigenvalue weighted by atomic mass is 9.91. The molecule has 1 atom stereocenters. The average Bonchev–Trinajstić information content (AvgIpc) is 3.34. The Labute approximate surface area is 163 Å². The first kappa shape index (κ1) is 20.3. The van der Waals surface area contributed by atoms with Crippen molar-refractivity contribution in [2.24, 2.45) is 11.3 Å². The quantitative estimate of drug-likeness (QED) is 0.849. The molecule has 1 saturated carbocycles. The highest BCUT2D eigenvalue weighted by Crippen LogP contribution is 2.59. The van der Waals surface area contributed by atoms with Crippen molar-refractivity contribution in [3.8, 4) is 0 Å². The highest BCUT2D eigenvalue weighted by atomic mass is 35.5. The van der Waals surface area contributed by atoms with Crippen molar-refractivity contribution in [2.45, 2.75) is 25.7 Å². The van der Waals surface area contributed by atoms with Crippen LogP contribution in [0.2, 0.25) is 0 Å². The smallest absolute Gasteiger partial charge is 0.226 e. The monoisotopic (exact) mass is 385 g/mol. The second-order valence-corrected chi connectivity index (χ2v) is 7.37. The van der Waals surface area contributed by atoms with Crippen LogP contribution in [0.25, 0.3) is 0 Å². The Morgan fingerprint density at radius 3 is 2.44 bits per heavy atom. The van der Waals surface area contributed by atoms with Gasteiger partial charge in [0.1, 0.15) is 0 Å². The van der Waals surface area contributed by atoms with Gasteiger partial charge < -0.3 is 15.1 Å². The van der Waals surface area contributed by atoms with E-state index < -0.39 is 0 Å². The molecule has 1 spiro atoms. The predicted octanol–water partition coefficient (Wildman–Crippen LogP) is 2.96. The minimum absolute atomic E-state index is 0. The first-order chi connectivity index (χ1) is 11.3. The van der Waals surface area contributed by atoms with Crippen molar-refractivity contribution in [2.75, 3.05) is 44.2 Å². The van der Waals surface area contributed by atoms with Crippen LogP contribution in [0.15, 0.2) is 30.3 Å². The van der Waals surface area contributed by atoms with Gasteiger partial charge in [-0.3, -0.25) is 4.79 Å². The van der Waals surface area contributed by atoms with Crippen LogP contribution < -0.4 is 10.2 Å². The summed E-state index contributed by atoms with van der Waals surface area (Å²) in [6.07, 6.45) is 4.58. The Bertz CT molecular complexity index is 563. The van der Waals surface area contributed by atoms with Crippen molar-refractivity contribution in [1.82, 2.24) is 10.2 Å². The summed E-state index contributed by atoms with van der Waals surface area (Å²) in [5.74, 6) is 0.745. The number of hydrogen-bond acceptors (Lipinski definition) is 3. The van der Waals surface area contributed by atoms with Crippen LogP contribution in [0.3, 0.4) is 0 Å². The lowest BCUT2D eigenvalue weighted by molar-refractivity contribution is -0.133. The Balaban J connectivity index is 0.00000113. The van der Waals surface area contributed by atoms with Gasteiger partial charge in [-0.15, -0.1) is 24.8 Å². The first-order valence-corrected chi connectivity index (χ1v) is 9.08. The molecule has 1 N–H and O–H groups in total.